The molecule has 1 aromatic heterocycles. The summed E-state index contributed by atoms with van der Waals surface area (Å²) in [6, 6.07) is 6.64. The van der Waals surface area contributed by atoms with Gasteiger partial charge in [-0.05, 0) is 30.9 Å². The minimum absolute atomic E-state index is 0.634. The van der Waals surface area contributed by atoms with E-state index in [9.17, 15) is 0 Å². The van der Waals surface area contributed by atoms with Crippen molar-refractivity contribution in [1.82, 2.24) is 4.98 Å². The maximum atomic E-state index is 4.27. The van der Waals surface area contributed by atoms with Crippen LogP contribution in [-0.4, -0.2) is 11.0 Å². The van der Waals surface area contributed by atoms with Crippen LogP contribution in [0.25, 0.3) is 0 Å². The molecular weight excluding hydrogens is 160 g/mol. The Balaban J connectivity index is 1.98. The Bertz CT molecular complexity index is 258. The molecule has 0 radical (unpaired) electrons. The quantitative estimate of drug-likeness (QED) is 0.749. The first-order valence-electron chi connectivity index (χ1n) is 5.04. The summed E-state index contributed by atoms with van der Waals surface area (Å²) in [6.45, 7) is 2.31. The van der Waals surface area contributed by atoms with Gasteiger partial charge in [-0.25, -0.2) is 4.98 Å². The molecule has 2 atom stereocenters. The van der Waals surface area contributed by atoms with Crippen LogP contribution in [0.5, 0.6) is 0 Å². The predicted octanol–water partition coefficient (Wildman–Crippen LogP) is 2.68. The molecule has 0 spiro atoms. The van der Waals surface area contributed by atoms with Gasteiger partial charge in [0.1, 0.15) is 5.82 Å². The summed E-state index contributed by atoms with van der Waals surface area (Å²) in [4.78, 5) is 4.27. The summed E-state index contributed by atoms with van der Waals surface area (Å²) in [5.74, 6) is 1.81. The summed E-state index contributed by atoms with van der Waals surface area (Å²) in [5, 5.41) is 3.48. The van der Waals surface area contributed by atoms with Crippen molar-refractivity contribution in [3.63, 3.8) is 0 Å². The Labute approximate surface area is 79.4 Å². The fourth-order valence-corrected chi connectivity index (χ4v) is 2.00. The van der Waals surface area contributed by atoms with E-state index in [1.165, 1.54) is 19.3 Å². The molecule has 0 aliphatic heterocycles. The second-order valence-corrected chi connectivity index (χ2v) is 3.87. The van der Waals surface area contributed by atoms with Gasteiger partial charge >= 0.3 is 0 Å². The third kappa shape index (κ3) is 2.00. The zero-order valence-electron chi connectivity index (χ0n) is 8.03. The zero-order chi connectivity index (χ0) is 9.10. The zero-order valence-corrected chi connectivity index (χ0v) is 8.03. The molecule has 1 aliphatic carbocycles. The van der Waals surface area contributed by atoms with E-state index in [1.54, 1.807) is 0 Å². The van der Waals surface area contributed by atoms with E-state index >= 15 is 0 Å². The Morgan fingerprint density at radius 3 is 2.92 bits per heavy atom. The largest absolute Gasteiger partial charge is 0.367 e. The Morgan fingerprint density at radius 2 is 2.31 bits per heavy atom. The molecule has 0 saturated heterocycles. The number of rotatable bonds is 2. The Kier molecular flexibility index (Phi) is 2.48. The van der Waals surface area contributed by atoms with Gasteiger partial charge in [0, 0.05) is 12.2 Å². The van der Waals surface area contributed by atoms with Gasteiger partial charge in [-0.15, -0.1) is 0 Å². The minimum Gasteiger partial charge on any atom is -0.367 e. The van der Waals surface area contributed by atoms with Crippen LogP contribution in [0.4, 0.5) is 5.82 Å². The average molecular weight is 176 g/mol. The van der Waals surface area contributed by atoms with Gasteiger partial charge in [-0.3, -0.25) is 0 Å². The molecule has 1 fully saturated rings. The smallest absolute Gasteiger partial charge is 0.126 e. The first-order chi connectivity index (χ1) is 6.36. The Hall–Kier alpha value is -1.05. The molecule has 2 rings (SSSR count). The van der Waals surface area contributed by atoms with E-state index in [0.717, 1.165) is 11.7 Å². The summed E-state index contributed by atoms with van der Waals surface area (Å²) in [7, 11) is 0. The molecule has 13 heavy (non-hydrogen) atoms. The van der Waals surface area contributed by atoms with Gasteiger partial charge in [0.05, 0.1) is 0 Å². The number of aromatic nitrogens is 1. The van der Waals surface area contributed by atoms with Gasteiger partial charge < -0.3 is 5.32 Å². The second-order valence-electron chi connectivity index (χ2n) is 3.87. The first-order valence-corrected chi connectivity index (χ1v) is 5.04. The van der Waals surface area contributed by atoms with Crippen molar-refractivity contribution in [3.8, 4) is 0 Å². The van der Waals surface area contributed by atoms with Crippen molar-refractivity contribution >= 4 is 5.82 Å². The van der Waals surface area contributed by atoms with Crippen LogP contribution in [0.15, 0.2) is 24.4 Å². The van der Waals surface area contributed by atoms with Crippen LogP contribution < -0.4 is 5.32 Å². The monoisotopic (exact) mass is 176 g/mol. The lowest BCUT2D eigenvalue weighted by molar-refractivity contribution is 0.555. The van der Waals surface area contributed by atoms with Crippen LogP contribution in [0.2, 0.25) is 0 Å². The van der Waals surface area contributed by atoms with Gasteiger partial charge in [0.2, 0.25) is 0 Å². The van der Waals surface area contributed by atoms with Gasteiger partial charge in [0.15, 0.2) is 0 Å². The maximum Gasteiger partial charge on any atom is 0.126 e. The molecule has 0 aromatic carbocycles. The average Bonchev–Trinajstić information content (AvgIpc) is 2.54. The van der Waals surface area contributed by atoms with Crippen molar-refractivity contribution in [2.75, 3.05) is 5.32 Å². The number of nitrogens with one attached hydrogen (secondary N) is 1. The molecule has 0 bridgehead atoms. The van der Waals surface area contributed by atoms with E-state index in [0.29, 0.717) is 6.04 Å². The molecule has 1 aliphatic rings. The molecule has 1 N–H and O–H groups in total. The van der Waals surface area contributed by atoms with Gasteiger partial charge in [-0.1, -0.05) is 19.4 Å². The number of hydrogen-bond acceptors (Lipinski definition) is 2. The normalized spacial score (nSPS) is 27.5. The standard InChI is InChI=1S/C11H16N2/c1-9-5-4-6-10(9)13-11-7-2-3-8-12-11/h2-3,7-10H,4-6H2,1H3,(H,12,13). The van der Waals surface area contributed by atoms with Crippen molar-refractivity contribution in [1.29, 1.82) is 0 Å². The highest BCUT2D eigenvalue weighted by atomic mass is 15.0. The Morgan fingerprint density at radius 1 is 1.38 bits per heavy atom. The molecule has 2 unspecified atom stereocenters. The van der Waals surface area contributed by atoms with E-state index in [1.807, 2.05) is 24.4 Å². The highest BCUT2D eigenvalue weighted by Gasteiger charge is 2.22. The van der Waals surface area contributed by atoms with Crippen LogP contribution in [0.1, 0.15) is 26.2 Å². The predicted molar refractivity (Wildman–Crippen MR) is 54.7 cm³/mol. The highest BCUT2D eigenvalue weighted by molar-refractivity contribution is 5.34. The topological polar surface area (TPSA) is 24.9 Å². The SMILES string of the molecule is CC1CCCC1Nc1ccccn1. The van der Waals surface area contributed by atoms with Crippen LogP contribution in [0, 0.1) is 5.92 Å². The number of nitrogens with zero attached hydrogens (tertiary/aromatic N) is 1. The van der Waals surface area contributed by atoms with E-state index < -0.39 is 0 Å². The summed E-state index contributed by atoms with van der Waals surface area (Å²) >= 11 is 0. The molecule has 70 valence electrons. The molecule has 2 nitrogen and oxygen atoms in total. The molecule has 2 heteroatoms. The summed E-state index contributed by atoms with van der Waals surface area (Å²) in [5.41, 5.74) is 0. The molecular formula is C11H16N2. The molecule has 1 aromatic rings. The highest BCUT2D eigenvalue weighted by Crippen LogP contribution is 2.27. The van der Waals surface area contributed by atoms with Crippen molar-refractivity contribution in [2.24, 2.45) is 5.92 Å². The maximum absolute atomic E-state index is 4.27. The van der Waals surface area contributed by atoms with E-state index in [4.69, 9.17) is 0 Å². The summed E-state index contributed by atoms with van der Waals surface area (Å²) in [6.07, 6.45) is 5.83. The molecule has 1 saturated carbocycles. The van der Waals surface area contributed by atoms with Crippen molar-refractivity contribution < 1.29 is 0 Å². The van der Waals surface area contributed by atoms with Crippen LogP contribution in [-0.2, 0) is 0 Å². The number of anilines is 1. The lowest BCUT2D eigenvalue weighted by Gasteiger charge is -2.17. The van der Waals surface area contributed by atoms with Crippen molar-refractivity contribution in [3.05, 3.63) is 24.4 Å². The lowest BCUT2D eigenvalue weighted by atomic mass is 10.1. The van der Waals surface area contributed by atoms with Gasteiger partial charge in [-0.2, -0.15) is 0 Å². The van der Waals surface area contributed by atoms with E-state index in [-0.39, 0.29) is 0 Å². The fourth-order valence-electron chi connectivity index (χ4n) is 2.00. The second kappa shape index (κ2) is 3.77. The van der Waals surface area contributed by atoms with E-state index in [2.05, 4.69) is 17.2 Å². The number of hydrogen-bond donors (Lipinski definition) is 1. The fraction of sp³-hybridized carbons (Fsp3) is 0.545. The van der Waals surface area contributed by atoms with Gasteiger partial charge in [0.25, 0.3) is 0 Å². The summed E-state index contributed by atoms with van der Waals surface area (Å²) < 4.78 is 0. The third-order valence-corrected chi connectivity index (χ3v) is 2.86. The molecule has 1 heterocycles. The lowest BCUT2D eigenvalue weighted by Crippen LogP contribution is -2.22. The van der Waals surface area contributed by atoms with Crippen molar-refractivity contribution in [2.45, 2.75) is 32.2 Å². The number of pyridine rings is 1. The van der Waals surface area contributed by atoms with Crippen LogP contribution >= 0.6 is 0 Å². The third-order valence-electron chi connectivity index (χ3n) is 2.86. The van der Waals surface area contributed by atoms with Crippen LogP contribution in [0.3, 0.4) is 0 Å². The first kappa shape index (κ1) is 8.54. The molecule has 0 amide bonds. The minimum atomic E-state index is 0.634.